The van der Waals surface area contributed by atoms with Gasteiger partial charge in [-0.25, -0.2) is 4.79 Å². The normalized spacial score (nSPS) is 16.9. The van der Waals surface area contributed by atoms with Crippen LogP contribution in [0.5, 0.6) is 11.5 Å². The fraction of sp³-hybridized carbons (Fsp3) is 0.389. The molecule has 6 nitrogen and oxygen atoms in total. The number of nitrogens with zero attached hydrogens (tertiary/aromatic N) is 1. The van der Waals surface area contributed by atoms with Crippen LogP contribution >= 0.6 is 24.0 Å². The lowest BCUT2D eigenvalue weighted by molar-refractivity contribution is -0.145. The van der Waals surface area contributed by atoms with Crippen LogP contribution in [0.25, 0.3) is 6.08 Å². The van der Waals surface area contributed by atoms with E-state index >= 15 is 0 Å². The van der Waals surface area contributed by atoms with Crippen molar-refractivity contribution in [1.29, 1.82) is 0 Å². The van der Waals surface area contributed by atoms with Crippen LogP contribution in [0.4, 0.5) is 0 Å². The Morgan fingerprint density at radius 1 is 1.38 bits per heavy atom. The minimum absolute atomic E-state index is 0.256. The van der Waals surface area contributed by atoms with Crippen molar-refractivity contribution < 1.29 is 24.2 Å². The van der Waals surface area contributed by atoms with Crippen LogP contribution in [0.2, 0.25) is 0 Å². The van der Waals surface area contributed by atoms with Crippen molar-refractivity contribution in [3.63, 3.8) is 0 Å². The summed E-state index contributed by atoms with van der Waals surface area (Å²) >= 11 is 6.37. The predicted octanol–water partition coefficient (Wildman–Crippen LogP) is 3.55. The molecule has 8 heteroatoms. The van der Waals surface area contributed by atoms with Gasteiger partial charge in [-0.2, -0.15) is 0 Å². The molecule has 0 spiro atoms. The quantitative estimate of drug-likeness (QED) is 0.533. The van der Waals surface area contributed by atoms with Gasteiger partial charge in [0.2, 0.25) is 0 Å². The SMILES string of the molecule is CCCCC(C(=O)O)N1C(=O)/C(=C/c2cc(OC)ccc2OC)SC1=S. The van der Waals surface area contributed by atoms with Gasteiger partial charge in [-0.15, -0.1) is 0 Å². The van der Waals surface area contributed by atoms with Crippen molar-refractivity contribution in [2.45, 2.75) is 32.2 Å². The Kier molecular flexibility index (Phi) is 7.05. The number of aliphatic carboxylic acids is 1. The van der Waals surface area contributed by atoms with Gasteiger partial charge in [-0.05, 0) is 30.7 Å². The molecule has 1 atom stereocenters. The highest BCUT2D eigenvalue weighted by atomic mass is 32.2. The van der Waals surface area contributed by atoms with E-state index in [-0.39, 0.29) is 4.32 Å². The molecule has 1 amide bonds. The number of unbranched alkanes of at least 4 members (excludes halogenated alkanes) is 1. The second kappa shape index (κ2) is 9.05. The number of thiocarbonyl (C=S) groups is 1. The average molecular weight is 396 g/mol. The summed E-state index contributed by atoms with van der Waals surface area (Å²) in [6.45, 7) is 1.97. The molecule has 0 radical (unpaired) electrons. The van der Waals surface area contributed by atoms with Crippen molar-refractivity contribution in [2.24, 2.45) is 0 Å². The number of benzene rings is 1. The third-order valence-corrected chi connectivity index (χ3v) is 5.31. The molecule has 26 heavy (non-hydrogen) atoms. The second-order valence-corrected chi connectivity index (χ2v) is 7.33. The first-order valence-corrected chi connectivity index (χ1v) is 9.37. The monoisotopic (exact) mass is 395 g/mol. The summed E-state index contributed by atoms with van der Waals surface area (Å²) in [7, 11) is 3.09. The van der Waals surface area contributed by atoms with Crippen LogP contribution in [0.15, 0.2) is 23.1 Å². The number of hydrogen-bond acceptors (Lipinski definition) is 6. The number of carboxylic acid groups (broad SMARTS) is 1. The Morgan fingerprint density at radius 3 is 2.69 bits per heavy atom. The molecule has 140 valence electrons. The van der Waals surface area contributed by atoms with E-state index in [1.54, 1.807) is 31.4 Å². The molecule has 1 N–H and O–H groups in total. The van der Waals surface area contributed by atoms with E-state index in [0.29, 0.717) is 34.8 Å². The first-order chi connectivity index (χ1) is 12.4. The molecule has 1 saturated heterocycles. The van der Waals surface area contributed by atoms with Crippen molar-refractivity contribution in [3.05, 3.63) is 28.7 Å². The number of ether oxygens (including phenoxy) is 2. The Morgan fingerprint density at radius 2 is 2.12 bits per heavy atom. The Bertz CT molecular complexity index is 747. The summed E-state index contributed by atoms with van der Waals surface area (Å²) in [6, 6.07) is 4.30. The highest BCUT2D eigenvalue weighted by Crippen LogP contribution is 2.37. The zero-order valence-electron chi connectivity index (χ0n) is 14.9. The number of amides is 1. The number of carbonyl (C=O) groups is 2. The maximum absolute atomic E-state index is 12.8. The largest absolute Gasteiger partial charge is 0.497 e. The van der Waals surface area contributed by atoms with E-state index in [1.807, 2.05) is 6.92 Å². The third-order valence-electron chi connectivity index (χ3n) is 3.97. The van der Waals surface area contributed by atoms with Gasteiger partial charge in [0, 0.05) is 5.56 Å². The van der Waals surface area contributed by atoms with E-state index in [0.717, 1.165) is 18.2 Å². The molecule has 1 aromatic carbocycles. The minimum Gasteiger partial charge on any atom is -0.497 e. The molecule has 1 heterocycles. The van der Waals surface area contributed by atoms with Gasteiger partial charge < -0.3 is 14.6 Å². The Labute approximate surface area is 162 Å². The van der Waals surface area contributed by atoms with Crippen LogP contribution in [-0.4, -0.2) is 46.5 Å². The standard InChI is InChI=1S/C18H21NO5S2/c1-4-5-6-13(17(21)22)19-16(20)15(26-18(19)25)10-11-9-12(23-2)7-8-14(11)24-3/h7-10,13H,4-6H2,1-3H3,(H,21,22)/b15-10-. The molecule has 0 bridgehead atoms. The van der Waals surface area contributed by atoms with Crippen LogP contribution < -0.4 is 9.47 Å². The number of thioether (sulfide) groups is 1. The van der Waals surface area contributed by atoms with Gasteiger partial charge in [-0.1, -0.05) is 43.7 Å². The molecule has 1 aliphatic rings. The lowest BCUT2D eigenvalue weighted by Crippen LogP contribution is -2.43. The number of hydrogen-bond donors (Lipinski definition) is 1. The van der Waals surface area contributed by atoms with Crippen LogP contribution in [0.3, 0.4) is 0 Å². The van der Waals surface area contributed by atoms with Gasteiger partial charge in [0.1, 0.15) is 21.9 Å². The molecular weight excluding hydrogens is 374 g/mol. The summed E-state index contributed by atoms with van der Waals surface area (Å²) in [5, 5.41) is 9.50. The van der Waals surface area contributed by atoms with E-state index in [9.17, 15) is 14.7 Å². The molecular formula is C18H21NO5S2. The van der Waals surface area contributed by atoms with Crippen molar-refractivity contribution in [1.82, 2.24) is 4.90 Å². The first-order valence-electron chi connectivity index (χ1n) is 8.14. The lowest BCUT2D eigenvalue weighted by Gasteiger charge is -2.22. The van der Waals surface area contributed by atoms with E-state index in [1.165, 1.54) is 12.0 Å². The van der Waals surface area contributed by atoms with Gasteiger partial charge in [0.05, 0.1) is 19.1 Å². The second-order valence-electron chi connectivity index (χ2n) is 5.66. The maximum Gasteiger partial charge on any atom is 0.326 e. The molecule has 1 aromatic rings. The first kappa shape index (κ1) is 20.3. The van der Waals surface area contributed by atoms with Gasteiger partial charge in [0.15, 0.2) is 0 Å². The summed E-state index contributed by atoms with van der Waals surface area (Å²) in [5.41, 5.74) is 0.660. The van der Waals surface area contributed by atoms with Crippen molar-refractivity contribution in [2.75, 3.05) is 14.2 Å². The topological polar surface area (TPSA) is 76.1 Å². The summed E-state index contributed by atoms with van der Waals surface area (Å²) in [5.74, 6) is -0.237. The molecule has 2 rings (SSSR count). The van der Waals surface area contributed by atoms with E-state index in [4.69, 9.17) is 21.7 Å². The number of rotatable bonds is 8. The fourth-order valence-corrected chi connectivity index (χ4v) is 3.95. The smallest absolute Gasteiger partial charge is 0.326 e. The molecule has 1 unspecified atom stereocenters. The summed E-state index contributed by atoms with van der Waals surface area (Å²) in [6.07, 6.45) is 3.57. The molecule has 1 aliphatic heterocycles. The summed E-state index contributed by atoms with van der Waals surface area (Å²) in [4.78, 5) is 26.0. The van der Waals surface area contributed by atoms with Gasteiger partial charge >= 0.3 is 5.97 Å². The maximum atomic E-state index is 12.8. The van der Waals surface area contributed by atoms with Gasteiger partial charge in [0.25, 0.3) is 5.91 Å². The highest BCUT2D eigenvalue weighted by Gasteiger charge is 2.40. The molecule has 0 aromatic heterocycles. The minimum atomic E-state index is -1.05. The van der Waals surface area contributed by atoms with Crippen molar-refractivity contribution in [3.8, 4) is 11.5 Å². The molecule has 1 fully saturated rings. The molecule has 0 saturated carbocycles. The fourth-order valence-electron chi connectivity index (χ4n) is 2.60. The van der Waals surface area contributed by atoms with Gasteiger partial charge in [-0.3, -0.25) is 9.69 Å². The van der Waals surface area contributed by atoms with Crippen LogP contribution in [0.1, 0.15) is 31.7 Å². The number of carboxylic acids is 1. The highest BCUT2D eigenvalue weighted by molar-refractivity contribution is 8.26. The number of methoxy groups -OCH3 is 2. The van der Waals surface area contributed by atoms with E-state index < -0.39 is 17.9 Å². The zero-order valence-corrected chi connectivity index (χ0v) is 16.5. The summed E-state index contributed by atoms with van der Waals surface area (Å²) < 4.78 is 10.8. The predicted molar refractivity (Wildman–Crippen MR) is 106 cm³/mol. The zero-order chi connectivity index (χ0) is 19.3. The van der Waals surface area contributed by atoms with E-state index in [2.05, 4.69) is 0 Å². The number of carbonyl (C=O) groups excluding carboxylic acids is 1. The molecule has 0 aliphatic carbocycles. The van der Waals surface area contributed by atoms with Crippen LogP contribution in [0, 0.1) is 0 Å². The van der Waals surface area contributed by atoms with Crippen LogP contribution in [-0.2, 0) is 9.59 Å². The Balaban J connectivity index is 2.36. The lowest BCUT2D eigenvalue weighted by atomic mass is 10.1. The van der Waals surface area contributed by atoms with Crippen molar-refractivity contribution >= 4 is 46.3 Å². The average Bonchev–Trinajstić information content (AvgIpc) is 2.89. The third kappa shape index (κ3) is 4.37. The Hall–Kier alpha value is -2.06.